The molecule has 2 aromatic rings. The van der Waals surface area contributed by atoms with E-state index in [2.05, 4.69) is 20.5 Å². The van der Waals surface area contributed by atoms with Crippen LogP contribution in [0.4, 0.5) is 5.69 Å². The highest BCUT2D eigenvalue weighted by atomic mass is 32.1. The SMILES string of the molecule is Cc1nc(-c2cccc(NC(=O)CN3CCCNCC3)c2)cs1. The van der Waals surface area contributed by atoms with Crippen LogP contribution in [0.15, 0.2) is 29.6 Å². The molecule has 6 heteroatoms. The topological polar surface area (TPSA) is 57.3 Å². The maximum absolute atomic E-state index is 12.3. The number of rotatable bonds is 4. The number of nitrogens with zero attached hydrogens (tertiary/aromatic N) is 2. The first-order valence-electron chi connectivity index (χ1n) is 7.96. The van der Waals surface area contributed by atoms with Gasteiger partial charge in [0.05, 0.1) is 17.2 Å². The number of anilines is 1. The predicted octanol–water partition coefficient (Wildman–Crippen LogP) is 2.35. The number of hydrogen-bond donors (Lipinski definition) is 2. The van der Waals surface area contributed by atoms with Crippen molar-refractivity contribution in [2.75, 3.05) is 38.0 Å². The molecule has 2 N–H and O–H groups in total. The van der Waals surface area contributed by atoms with E-state index in [1.54, 1.807) is 11.3 Å². The molecule has 2 heterocycles. The Labute approximate surface area is 140 Å². The average molecular weight is 330 g/mol. The van der Waals surface area contributed by atoms with Gasteiger partial charge in [0.1, 0.15) is 0 Å². The van der Waals surface area contributed by atoms with Crippen molar-refractivity contribution in [3.05, 3.63) is 34.7 Å². The third-order valence-electron chi connectivity index (χ3n) is 3.86. The van der Waals surface area contributed by atoms with Gasteiger partial charge in [0.15, 0.2) is 0 Å². The molecule has 1 aliphatic rings. The molecule has 3 rings (SSSR count). The second-order valence-electron chi connectivity index (χ2n) is 5.76. The van der Waals surface area contributed by atoms with Gasteiger partial charge in [0.25, 0.3) is 0 Å². The van der Waals surface area contributed by atoms with Crippen LogP contribution in [0.2, 0.25) is 0 Å². The van der Waals surface area contributed by atoms with Crippen molar-refractivity contribution in [1.82, 2.24) is 15.2 Å². The first-order valence-corrected chi connectivity index (χ1v) is 8.84. The third kappa shape index (κ3) is 4.60. The van der Waals surface area contributed by atoms with Crippen LogP contribution >= 0.6 is 11.3 Å². The molecule has 0 aliphatic carbocycles. The minimum absolute atomic E-state index is 0.0403. The number of carbonyl (C=O) groups excluding carboxylic acids is 1. The van der Waals surface area contributed by atoms with Crippen LogP contribution in [-0.2, 0) is 4.79 Å². The van der Waals surface area contributed by atoms with Crippen molar-refractivity contribution in [3.8, 4) is 11.3 Å². The summed E-state index contributed by atoms with van der Waals surface area (Å²) in [5.74, 6) is 0.0403. The summed E-state index contributed by atoms with van der Waals surface area (Å²) in [4.78, 5) is 19.0. The van der Waals surface area contributed by atoms with Gasteiger partial charge in [-0.1, -0.05) is 12.1 Å². The van der Waals surface area contributed by atoms with E-state index in [1.807, 2.05) is 36.6 Å². The van der Waals surface area contributed by atoms with Gasteiger partial charge in [-0.3, -0.25) is 9.69 Å². The summed E-state index contributed by atoms with van der Waals surface area (Å²) >= 11 is 1.63. The molecule has 23 heavy (non-hydrogen) atoms. The smallest absolute Gasteiger partial charge is 0.238 e. The van der Waals surface area contributed by atoms with Crippen molar-refractivity contribution >= 4 is 22.9 Å². The fraction of sp³-hybridized carbons (Fsp3) is 0.412. The molecule has 0 unspecified atom stereocenters. The van der Waals surface area contributed by atoms with E-state index in [0.717, 1.165) is 54.6 Å². The molecule has 0 bridgehead atoms. The van der Waals surface area contributed by atoms with Gasteiger partial charge in [-0.15, -0.1) is 11.3 Å². The Hall–Kier alpha value is -1.76. The normalized spacial score (nSPS) is 16.0. The zero-order chi connectivity index (χ0) is 16.1. The number of aryl methyl sites for hydroxylation is 1. The summed E-state index contributed by atoms with van der Waals surface area (Å²) in [5, 5.41) is 9.44. The molecular formula is C17H22N4OS. The molecule has 122 valence electrons. The van der Waals surface area contributed by atoms with E-state index in [4.69, 9.17) is 0 Å². The van der Waals surface area contributed by atoms with E-state index < -0.39 is 0 Å². The van der Waals surface area contributed by atoms with E-state index in [1.165, 1.54) is 0 Å². The Balaban J connectivity index is 1.62. The second kappa shape index (κ2) is 7.68. The van der Waals surface area contributed by atoms with Crippen LogP contribution < -0.4 is 10.6 Å². The van der Waals surface area contributed by atoms with Crippen molar-refractivity contribution in [2.45, 2.75) is 13.3 Å². The lowest BCUT2D eigenvalue weighted by molar-refractivity contribution is -0.117. The molecule has 1 saturated heterocycles. The summed E-state index contributed by atoms with van der Waals surface area (Å²) in [6.45, 7) is 6.32. The van der Waals surface area contributed by atoms with Gasteiger partial charge in [0.2, 0.25) is 5.91 Å². The van der Waals surface area contributed by atoms with E-state index >= 15 is 0 Å². The van der Waals surface area contributed by atoms with E-state index in [9.17, 15) is 4.79 Å². The monoisotopic (exact) mass is 330 g/mol. The van der Waals surface area contributed by atoms with Crippen molar-refractivity contribution in [3.63, 3.8) is 0 Å². The summed E-state index contributed by atoms with van der Waals surface area (Å²) < 4.78 is 0. The number of aromatic nitrogens is 1. The first kappa shape index (κ1) is 16.1. The third-order valence-corrected chi connectivity index (χ3v) is 4.63. The van der Waals surface area contributed by atoms with E-state index in [-0.39, 0.29) is 5.91 Å². The number of carbonyl (C=O) groups is 1. The molecule has 0 saturated carbocycles. The molecular weight excluding hydrogens is 308 g/mol. The highest BCUT2D eigenvalue weighted by Crippen LogP contribution is 2.24. The zero-order valence-electron chi connectivity index (χ0n) is 13.3. The van der Waals surface area contributed by atoms with Crippen LogP contribution in [0.1, 0.15) is 11.4 Å². The number of nitrogens with one attached hydrogen (secondary N) is 2. The first-order chi connectivity index (χ1) is 11.2. The van der Waals surface area contributed by atoms with Crippen molar-refractivity contribution in [2.24, 2.45) is 0 Å². The van der Waals surface area contributed by atoms with Crippen LogP contribution in [0.5, 0.6) is 0 Å². The van der Waals surface area contributed by atoms with Gasteiger partial charge < -0.3 is 10.6 Å². The van der Waals surface area contributed by atoms with Crippen LogP contribution in [0.3, 0.4) is 0 Å². The predicted molar refractivity (Wildman–Crippen MR) is 94.8 cm³/mol. The molecule has 1 aliphatic heterocycles. The molecule has 0 spiro atoms. The molecule has 1 aromatic carbocycles. The number of benzene rings is 1. The summed E-state index contributed by atoms with van der Waals surface area (Å²) in [7, 11) is 0. The molecule has 5 nitrogen and oxygen atoms in total. The summed E-state index contributed by atoms with van der Waals surface area (Å²) in [6, 6.07) is 7.88. The maximum Gasteiger partial charge on any atom is 0.238 e. The standard InChI is InChI=1S/C17H22N4OS/c1-13-19-16(12-23-13)14-4-2-5-15(10-14)20-17(22)11-21-8-3-6-18-7-9-21/h2,4-5,10,12,18H,3,6-9,11H2,1H3,(H,20,22). The summed E-state index contributed by atoms with van der Waals surface area (Å²) in [6.07, 6.45) is 1.09. The Morgan fingerprint density at radius 2 is 2.30 bits per heavy atom. The quantitative estimate of drug-likeness (QED) is 0.903. The molecule has 1 aromatic heterocycles. The van der Waals surface area contributed by atoms with Crippen LogP contribution in [0, 0.1) is 6.92 Å². The minimum atomic E-state index is 0.0403. The molecule has 1 amide bonds. The number of amides is 1. The lowest BCUT2D eigenvalue weighted by atomic mass is 10.1. The lowest BCUT2D eigenvalue weighted by Gasteiger charge is -2.18. The van der Waals surface area contributed by atoms with E-state index in [0.29, 0.717) is 6.54 Å². The van der Waals surface area contributed by atoms with Gasteiger partial charge in [-0.25, -0.2) is 4.98 Å². The van der Waals surface area contributed by atoms with Crippen LogP contribution in [0.25, 0.3) is 11.3 Å². The van der Waals surface area contributed by atoms with Gasteiger partial charge in [-0.2, -0.15) is 0 Å². The average Bonchev–Trinajstić information content (AvgIpc) is 2.81. The number of thiazole rings is 1. The fourth-order valence-corrected chi connectivity index (χ4v) is 3.34. The van der Waals surface area contributed by atoms with Crippen molar-refractivity contribution < 1.29 is 4.79 Å². The minimum Gasteiger partial charge on any atom is -0.325 e. The lowest BCUT2D eigenvalue weighted by Crippen LogP contribution is -2.35. The second-order valence-corrected chi connectivity index (χ2v) is 6.82. The van der Waals surface area contributed by atoms with Gasteiger partial charge in [0, 0.05) is 29.7 Å². The van der Waals surface area contributed by atoms with Crippen LogP contribution in [-0.4, -0.2) is 48.5 Å². The Bertz CT molecular complexity index is 662. The summed E-state index contributed by atoms with van der Waals surface area (Å²) in [5.41, 5.74) is 2.82. The van der Waals surface area contributed by atoms with Gasteiger partial charge in [-0.05, 0) is 38.6 Å². The largest absolute Gasteiger partial charge is 0.325 e. The van der Waals surface area contributed by atoms with Crippen molar-refractivity contribution in [1.29, 1.82) is 0 Å². The Morgan fingerprint density at radius 1 is 1.39 bits per heavy atom. The Morgan fingerprint density at radius 3 is 3.13 bits per heavy atom. The molecule has 0 atom stereocenters. The highest BCUT2D eigenvalue weighted by molar-refractivity contribution is 7.09. The highest BCUT2D eigenvalue weighted by Gasteiger charge is 2.13. The van der Waals surface area contributed by atoms with Gasteiger partial charge >= 0.3 is 0 Å². The molecule has 1 fully saturated rings. The Kier molecular flexibility index (Phi) is 5.38. The maximum atomic E-state index is 12.3. The number of hydrogen-bond acceptors (Lipinski definition) is 5. The fourth-order valence-electron chi connectivity index (χ4n) is 2.72. The zero-order valence-corrected chi connectivity index (χ0v) is 14.2. The molecule has 0 radical (unpaired) electrons.